The number of H-pyrrole nitrogens is 1. The predicted molar refractivity (Wildman–Crippen MR) is 104 cm³/mol. The molecule has 140 valence electrons. The molecule has 3 heterocycles. The molecule has 1 saturated heterocycles. The van der Waals surface area contributed by atoms with Crippen LogP contribution in [0.2, 0.25) is 0 Å². The van der Waals surface area contributed by atoms with Crippen LogP contribution in [-0.4, -0.2) is 40.1 Å². The molecule has 2 aromatic rings. The molecule has 5 nitrogen and oxygen atoms in total. The lowest BCUT2D eigenvalue weighted by Crippen LogP contribution is -2.47. The number of nitrogens with one attached hydrogen (secondary N) is 2. The van der Waals surface area contributed by atoms with E-state index in [0.29, 0.717) is 5.92 Å². The molecule has 2 N–H and O–H groups in total. The van der Waals surface area contributed by atoms with Crippen LogP contribution in [-0.2, 0) is 6.54 Å². The van der Waals surface area contributed by atoms with Crippen LogP contribution in [0.4, 0.5) is 0 Å². The van der Waals surface area contributed by atoms with Gasteiger partial charge >= 0.3 is 0 Å². The maximum absolute atomic E-state index is 12.9. The summed E-state index contributed by atoms with van der Waals surface area (Å²) >= 11 is 1.81. The lowest BCUT2D eigenvalue weighted by molar-refractivity contribution is 0.0899. The van der Waals surface area contributed by atoms with Crippen LogP contribution in [0.3, 0.4) is 0 Å². The molecular formula is C20H28N4OS. The standard InChI is InChI=1S/C20H28N4OS/c25-20(18-12-21-23-19(18)15-6-2-1-3-7-15)22-16-8-4-10-24(13-16)14-17-9-5-11-26-17/h5,9,11-12,15-16H,1-4,6-8,10,13-14H2,(H,21,23)(H,22,25)/t16-/m1/s1. The average molecular weight is 373 g/mol. The van der Waals surface area contributed by atoms with E-state index < -0.39 is 0 Å². The van der Waals surface area contributed by atoms with Crippen LogP contribution in [0, 0.1) is 0 Å². The van der Waals surface area contributed by atoms with E-state index in [9.17, 15) is 4.79 Å². The molecule has 1 aliphatic heterocycles. The Morgan fingerprint density at radius 3 is 2.96 bits per heavy atom. The van der Waals surface area contributed by atoms with Crippen LogP contribution >= 0.6 is 11.3 Å². The van der Waals surface area contributed by atoms with Crippen LogP contribution < -0.4 is 5.32 Å². The highest BCUT2D eigenvalue weighted by Crippen LogP contribution is 2.33. The first-order valence-corrected chi connectivity index (χ1v) is 10.8. The molecule has 2 fully saturated rings. The monoisotopic (exact) mass is 372 g/mol. The minimum absolute atomic E-state index is 0.0438. The first-order chi connectivity index (χ1) is 12.8. The number of piperidine rings is 1. The van der Waals surface area contributed by atoms with Gasteiger partial charge in [0.1, 0.15) is 0 Å². The van der Waals surface area contributed by atoms with Gasteiger partial charge in [0.15, 0.2) is 0 Å². The number of aromatic nitrogens is 2. The molecule has 1 saturated carbocycles. The highest BCUT2D eigenvalue weighted by molar-refractivity contribution is 7.09. The van der Waals surface area contributed by atoms with Crippen LogP contribution in [0.15, 0.2) is 23.7 Å². The maximum Gasteiger partial charge on any atom is 0.255 e. The van der Waals surface area contributed by atoms with Crippen molar-refractivity contribution in [1.82, 2.24) is 20.4 Å². The molecule has 0 bridgehead atoms. The Kier molecular flexibility index (Phi) is 5.70. The molecule has 1 atom stereocenters. The van der Waals surface area contributed by atoms with E-state index in [4.69, 9.17) is 0 Å². The number of amides is 1. The van der Waals surface area contributed by atoms with Crippen molar-refractivity contribution in [2.24, 2.45) is 0 Å². The maximum atomic E-state index is 12.9. The van der Waals surface area contributed by atoms with Gasteiger partial charge in [0.05, 0.1) is 17.5 Å². The van der Waals surface area contributed by atoms with Gasteiger partial charge in [0.2, 0.25) is 0 Å². The van der Waals surface area contributed by atoms with Crippen molar-refractivity contribution in [2.45, 2.75) is 63.5 Å². The molecule has 4 rings (SSSR count). The summed E-state index contributed by atoms with van der Waals surface area (Å²) in [5, 5.41) is 12.7. The molecule has 1 amide bonds. The number of hydrogen-bond donors (Lipinski definition) is 2. The Balaban J connectivity index is 1.36. The second kappa shape index (κ2) is 8.35. The SMILES string of the molecule is O=C(N[C@@H]1CCCN(Cc2cccs2)C1)c1cn[nH]c1C1CCCCC1. The third-order valence-electron chi connectivity index (χ3n) is 5.73. The Hall–Kier alpha value is -1.66. The van der Waals surface area contributed by atoms with Crippen LogP contribution in [0.25, 0.3) is 0 Å². The van der Waals surface area contributed by atoms with Gasteiger partial charge in [-0.2, -0.15) is 5.10 Å². The fraction of sp³-hybridized carbons (Fsp3) is 0.600. The number of nitrogens with zero attached hydrogens (tertiary/aromatic N) is 2. The van der Waals surface area contributed by atoms with E-state index >= 15 is 0 Å². The first-order valence-electron chi connectivity index (χ1n) is 9.88. The topological polar surface area (TPSA) is 61.0 Å². The molecule has 0 unspecified atom stereocenters. The summed E-state index contributed by atoms with van der Waals surface area (Å²) in [6, 6.07) is 4.52. The highest BCUT2D eigenvalue weighted by atomic mass is 32.1. The Bertz CT molecular complexity index is 705. The largest absolute Gasteiger partial charge is 0.348 e. The van der Waals surface area contributed by atoms with Gasteiger partial charge < -0.3 is 5.32 Å². The summed E-state index contributed by atoms with van der Waals surface area (Å²) in [5.74, 6) is 0.510. The van der Waals surface area contributed by atoms with Crippen molar-refractivity contribution in [2.75, 3.05) is 13.1 Å². The molecule has 1 aliphatic carbocycles. The number of carbonyl (C=O) groups excluding carboxylic acids is 1. The summed E-state index contributed by atoms with van der Waals surface area (Å²) in [6.45, 7) is 3.03. The van der Waals surface area contributed by atoms with Gasteiger partial charge in [-0.15, -0.1) is 11.3 Å². The van der Waals surface area contributed by atoms with E-state index in [2.05, 4.69) is 37.9 Å². The molecule has 2 aliphatic rings. The third-order valence-corrected chi connectivity index (χ3v) is 6.59. The zero-order valence-electron chi connectivity index (χ0n) is 15.2. The fourth-order valence-electron chi connectivity index (χ4n) is 4.38. The predicted octanol–water partition coefficient (Wildman–Crippen LogP) is 3.91. The smallest absolute Gasteiger partial charge is 0.255 e. The minimum atomic E-state index is 0.0438. The van der Waals surface area contributed by atoms with E-state index in [-0.39, 0.29) is 11.9 Å². The highest BCUT2D eigenvalue weighted by Gasteiger charge is 2.26. The summed E-state index contributed by atoms with van der Waals surface area (Å²) in [7, 11) is 0. The molecule has 26 heavy (non-hydrogen) atoms. The normalized spacial score (nSPS) is 22.4. The first kappa shape index (κ1) is 17.7. The number of aromatic amines is 1. The molecule has 6 heteroatoms. The van der Waals surface area contributed by atoms with Crippen molar-refractivity contribution in [3.8, 4) is 0 Å². The molecule has 0 aromatic carbocycles. The van der Waals surface area contributed by atoms with E-state index in [1.807, 2.05) is 0 Å². The van der Waals surface area contributed by atoms with E-state index in [1.54, 1.807) is 17.5 Å². The lowest BCUT2D eigenvalue weighted by atomic mass is 9.85. The minimum Gasteiger partial charge on any atom is -0.348 e. The number of carbonyl (C=O) groups is 1. The summed E-state index contributed by atoms with van der Waals surface area (Å²) in [4.78, 5) is 16.7. The van der Waals surface area contributed by atoms with Gasteiger partial charge in [0.25, 0.3) is 5.91 Å². The van der Waals surface area contributed by atoms with Gasteiger partial charge in [-0.3, -0.25) is 14.8 Å². The van der Waals surface area contributed by atoms with Crippen molar-refractivity contribution in [3.05, 3.63) is 39.8 Å². The second-order valence-corrected chi connectivity index (χ2v) is 8.69. The summed E-state index contributed by atoms with van der Waals surface area (Å²) < 4.78 is 0. The van der Waals surface area contributed by atoms with Crippen molar-refractivity contribution < 1.29 is 4.79 Å². The molecular weight excluding hydrogens is 344 g/mol. The molecule has 0 radical (unpaired) electrons. The van der Waals surface area contributed by atoms with Crippen LogP contribution in [0.5, 0.6) is 0 Å². The molecule has 0 spiro atoms. The quantitative estimate of drug-likeness (QED) is 0.836. The van der Waals surface area contributed by atoms with E-state index in [0.717, 1.165) is 43.7 Å². The zero-order valence-corrected chi connectivity index (χ0v) is 16.1. The summed E-state index contributed by atoms with van der Waals surface area (Å²) in [5.41, 5.74) is 1.81. The van der Waals surface area contributed by atoms with Gasteiger partial charge in [0, 0.05) is 29.9 Å². The lowest BCUT2D eigenvalue weighted by Gasteiger charge is -2.33. The van der Waals surface area contributed by atoms with Crippen molar-refractivity contribution in [3.63, 3.8) is 0 Å². The van der Waals surface area contributed by atoms with Gasteiger partial charge in [-0.05, 0) is 43.7 Å². The van der Waals surface area contributed by atoms with Gasteiger partial charge in [-0.1, -0.05) is 25.3 Å². The third kappa shape index (κ3) is 4.18. The van der Waals surface area contributed by atoms with E-state index in [1.165, 1.54) is 37.0 Å². The van der Waals surface area contributed by atoms with Gasteiger partial charge in [-0.25, -0.2) is 0 Å². The Morgan fingerprint density at radius 2 is 2.15 bits per heavy atom. The average Bonchev–Trinajstić information content (AvgIpc) is 3.34. The summed E-state index contributed by atoms with van der Waals surface area (Å²) in [6.07, 6.45) is 10.1. The Morgan fingerprint density at radius 1 is 1.27 bits per heavy atom. The second-order valence-electron chi connectivity index (χ2n) is 7.66. The number of likely N-dealkylation sites (tertiary alicyclic amines) is 1. The van der Waals surface area contributed by atoms with Crippen LogP contribution in [0.1, 0.15) is 71.8 Å². The molecule has 2 aromatic heterocycles. The Labute approximate surface area is 159 Å². The fourth-order valence-corrected chi connectivity index (χ4v) is 5.13. The zero-order chi connectivity index (χ0) is 17.8. The number of rotatable bonds is 5. The number of thiophene rings is 1. The van der Waals surface area contributed by atoms with Crippen molar-refractivity contribution in [1.29, 1.82) is 0 Å². The number of hydrogen-bond acceptors (Lipinski definition) is 4. The van der Waals surface area contributed by atoms with Crippen molar-refractivity contribution >= 4 is 17.2 Å².